The second kappa shape index (κ2) is 30.7. The highest BCUT2D eigenvalue weighted by molar-refractivity contribution is 5.95. The number of hydrogen-bond acceptors (Lipinski definition) is 4. The van der Waals surface area contributed by atoms with Gasteiger partial charge in [-0.05, 0) is 87.3 Å². The number of carbonyl (C=O) groups is 2. The molecule has 2 N–H and O–H groups in total. The number of hydrogen-bond donors (Lipinski definition) is 2. The third-order valence-electron chi connectivity index (χ3n) is 10.4. The van der Waals surface area contributed by atoms with Crippen LogP contribution in [0.1, 0.15) is 177 Å². The highest BCUT2D eigenvalue weighted by Gasteiger charge is 2.11. The number of nitrogens with one attached hydrogen (secondary N) is 2. The molecule has 0 spiro atoms. The van der Waals surface area contributed by atoms with Crippen molar-refractivity contribution in [3.8, 4) is 11.1 Å². The molecule has 0 saturated heterocycles. The number of amides is 2. The van der Waals surface area contributed by atoms with Crippen LogP contribution >= 0.6 is 0 Å². The molecular weight excluding hydrogens is 641 g/mol. The van der Waals surface area contributed by atoms with Gasteiger partial charge in [0.25, 0.3) is 11.8 Å². The summed E-state index contributed by atoms with van der Waals surface area (Å²) in [5.41, 5.74) is 3.44. The molecule has 0 bridgehead atoms. The van der Waals surface area contributed by atoms with Crippen LogP contribution in [-0.4, -0.2) is 74.0 Å². The molecule has 2 aromatic rings. The van der Waals surface area contributed by atoms with Crippen LogP contribution in [0.5, 0.6) is 0 Å². The van der Waals surface area contributed by atoms with E-state index in [1.165, 1.54) is 128 Å². The second-order valence-electron chi connectivity index (χ2n) is 15.0. The quantitative estimate of drug-likeness (QED) is 0.0721. The minimum atomic E-state index is -0.0176. The summed E-state index contributed by atoms with van der Waals surface area (Å²) in [6.07, 6.45) is 25.9. The van der Waals surface area contributed by atoms with Crippen molar-refractivity contribution in [2.45, 2.75) is 156 Å². The molecule has 0 unspecified atom stereocenters. The molecule has 0 saturated carbocycles. The molecular formula is C46H78N4O2. The fourth-order valence-corrected chi connectivity index (χ4v) is 6.91. The predicted octanol–water partition coefficient (Wildman–Crippen LogP) is 11.3. The van der Waals surface area contributed by atoms with Crippen molar-refractivity contribution < 1.29 is 9.59 Å². The molecule has 0 atom stereocenters. The van der Waals surface area contributed by atoms with Gasteiger partial charge in [0.1, 0.15) is 0 Å². The number of unbranched alkanes of at least 4 members (excludes halogenated alkanes) is 16. The molecule has 0 aromatic heterocycles. The zero-order chi connectivity index (χ0) is 37.5. The van der Waals surface area contributed by atoms with Crippen LogP contribution in [0.2, 0.25) is 0 Å². The topological polar surface area (TPSA) is 64.7 Å². The third kappa shape index (κ3) is 21.1. The molecule has 294 valence electrons. The van der Waals surface area contributed by atoms with E-state index in [4.69, 9.17) is 0 Å². The van der Waals surface area contributed by atoms with Gasteiger partial charge in [-0.2, -0.15) is 0 Å². The molecule has 0 fully saturated rings. The van der Waals surface area contributed by atoms with Gasteiger partial charge in [-0.25, -0.2) is 0 Å². The lowest BCUT2D eigenvalue weighted by molar-refractivity contribution is 0.0939. The highest BCUT2D eigenvalue weighted by Crippen LogP contribution is 2.21. The molecule has 0 radical (unpaired) electrons. The van der Waals surface area contributed by atoms with Gasteiger partial charge in [0, 0.05) is 37.3 Å². The molecule has 6 nitrogen and oxygen atoms in total. The Hall–Kier alpha value is -2.70. The summed E-state index contributed by atoms with van der Waals surface area (Å²) < 4.78 is 0. The Kier molecular flexibility index (Phi) is 26.9. The first-order valence-corrected chi connectivity index (χ1v) is 21.7. The van der Waals surface area contributed by atoms with Crippen molar-refractivity contribution in [2.75, 3.05) is 52.4 Å². The number of benzene rings is 2. The normalized spacial score (nSPS) is 11.4. The third-order valence-corrected chi connectivity index (χ3v) is 10.4. The Labute approximate surface area is 320 Å². The van der Waals surface area contributed by atoms with Crippen LogP contribution in [0.4, 0.5) is 0 Å². The van der Waals surface area contributed by atoms with E-state index in [1.807, 2.05) is 48.5 Å². The van der Waals surface area contributed by atoms with Crippen LogP contribution in [0.15, 0.2) is 48.5 Å². The monoisotopic (exact) mass is 719 g/mol. The summed E-state index contributed by atoms with van der Waals surface area (Å²) in [4.78, 5) is 31.1. The molecule has 2 aromatic carbocycles. The van der Waals surface area contributed by atoms with E-state index in [-0.39, 0.29) is 11.8 Å². The van der Waals surface area contributed by atoms with Gasteiger partial charge in [0.05, 0.1) is 0 Å². The molecule has 2 amide bonds. The lowest BCUT2D eigenvalue weighted by atomic mass is 10.0. The second-order valence-corrected chi connectivity index (χ2v) is 15.0. The van der Waals surface area contributed by atoms with E-state index in [0.29, 0.717) is 24.2 Å². The standard InChI is InChI=1S/C46H78N4O2/c1-5-9-13-17-21-35-49(36-22-18-14-10-6-2)39-33-47-45(51)43-29-25-41(26-30-43)42-27-31-44(32-28-42)46(52)48-34-40-50(37-23-19-15-11-7-3)38-24-20-16-12-8-4/h25-32H,5-24,33-40H2,1-4H3,(H,47,51)(H,48,52). The summed E-state index contributed by atoms with van der Waals surface area (Å²) in [5, 5.41) is 6.32. The Balaban J connectivity index is 1.81. The van der Waals surface area contributed by atoms with Crippen molar-refractivity contribution in [1.29, 1.82) is 0 Å². The smallest absolute Gasteiger partial charge is 0.251 e. The molecule has 2 rings (SSSR count). The maximum Gasteiger partial charge on any atom is 0.251 e. The van der Waals surface area contributed by atoms with E-state index < -0.39 is 0 Å². The van der Waals surface area contributed by atoms with Crippen LogP contribution in [-0.2, 0) is 0 Å². The summed E-state index contributed by atoms with van der Waals surface area (Å²) in [6, 6.07) is 15.6. The van der Waals surface area contributed by atoms with Crippen molar-refractivity contribution in [2.24, 2.45) is 0 Å². The molecule has 0 aliphatic rings. The van der Waals surface area contributed by atoms with E-state index in [2.05, 4.69) is 48.1 Å². The highest BCUT2D eigenvalue weighted by atomic mass is 16.2. The van der Waals surface area contributed by atoms with E-state index in [0.717, 1.165) is 50.4 Å². The Morgan fingerprint density at radius 3 is 0.923 bits per heavy atom. The van der Waals surface area contributed by atoms with Gasteiger partial charge in [0.15, 0.2) is 0 Å². The molecule has 6 heteroatoms. The summed E-state index contributed by atoms with van der Waals surface area (Å²) in [6.45, 7) is 16.7. The van der Waals surface area contributed by atoms with Gasteiger partial charge >= 0.3 is 0 Å². The maximum absolute atomic E-state index is 13.0. The summed E-state index contributed by atoms with van der Waals surface area (Å²) >= 11 is 0. The lowest BCUT2D eigenvalue weighted by Gasteiger charge is -2.22. The average molecular weight is 719 g/mol. The molecule has 0 heterocycles. The van der Waals surface area contributed by atoms with E-state index in [9.17, 15) is 9.59 Å². The van der Waals surface area contributed by atoms with Crippen LogP contribution < -0.4 is 10.6 Å². The predicted molar refractivity (Wildman–Crippen MR) is 224 cm³/mol. The first-order chi connectivity index (χ1) is 25.5. The lowest BCUT2D eigenvalue weighted by Crippen LogP contribution is -2.36. The SMILES string of the molecule is CCCCCCCN(CCCCCCC)CCNC(=O)c1ccc(-c2ccc(C(=O)NCCN(CCCCCCC)CCCCCCC)cc2)cc1. The Morgan fingerprint density at radius 1 is 0.385 bits per heavy atom. The van der Waals surface area contributed by atoms with E-state index in [1.54, 1.807) is 0 Å². The average Bonchev–Trinajstić information content (AvgIpc) is 3.17. The number of carbonyl (C=O) groups excluding carboxylic acids is 2. The van der Waals surface area contributed by atoms with E-state index >= 15 is 0 Å². The Bertz CT molecular complexity index is 1030. The first kappa shape index (κ1) is 45.5. The van der Waals surface area contributed by atoms with Crippen LogP contribution in [0.25, 0.3) is 11.1 Å². The largest absolute Gasteiger partial charge is 0.351 e. The van der Waals surface area contributed by atoms with Crippen molar-refractivity contribution in [1.82, 2.24) is 20.4 Å². The number of rotatable bonds is 33. The fraction of sp³-hybridized carbons (Fsp3) is 0.696. The van der Waals surface area contributed by atoms with Gasteiger partial charge < -0.3 is 20.4 Å². The van der Waals surface area contributed by atoms with Crippen LogP contribution in [0.3, 0.4) is 0 Å². The zero-order valence-corrected chi connectivity index (χ0v) is 34.1. The minimum Gasteiger partial charge on any atom is -0.351 e. The minimum absolute atomic E-state index is 0.0176. The molecule has 52 heavy (non-hydrogen) atoms. The fourth-order valence-electron chi connectivity index (χ4n) is 6.91. The summed E-state index contributed by atoms with van der Waals surface area (Å²) in [7, 11) is 0. The van der Waals surface area contributed by atoms with Crippen molar-refractivity contribution in [3.63, 3.8) is 0 Å². The van der Waals surface area contributed by atoms with Crippen molar-refractivity contribution in [3.05, 3.63) is 59.7 Å². The van der Waals surface area contributed by atoms with Gasteiger partial charge in [-0.15, -0.1) is 0 Å². The van der Waals surface area contributed by atoms with Crippen molar-refractivity contribution >= 4 is 11.8 Å². The summed E-state index contributed by atoms with van der Waals surface area (Å²) in [5.74, 6) is -0.0353. The maximum atomic E-state index is 13.0. The molecule has 0 aliphatic heterocycles. The van der Waals surface area contributed by atoms with Gasteiger partial charge in [0.2, 0.25) is 0 Å². The Morgan fingerprint density at radius 2 is 0.654 bits per heavy atom. The van der Waals surface area contributed by atoms with Crippen LogP contribution in [0, 0.1) is 0 Å². The first-order valence-electron chi connectivity index (χ1n) is 21.7. The zero-order valence-electron chi connectivity index (χ0n) is 34.1. The number of nitrogens with zero attached hydrogens (tertiary/aromatic N) is 2. The van der Waals surface area contributed by atoms with Gasteiger partial charge in [-0.1, -0.05) is 155 Å². The van der Waals surface area contributed by atoms with Gasteiger partial charge in [-0.3, -0.25) is 9.59 Å². The molecule has 0 aliphatic carbocycles.